The highest BCUT2D eigenvalue weighted by molar-refractivity contribution is 6.32. The Labute approximate surface area is 138 Å². The third kappa shape index (κ3) is 3.57. The molecular weight excluding hydrogens is 322 g/mol. The van der Waals surface area contributed by atoms with E-state index in [0.717, 1.165) is 13.1 Å². The van der Waals surface area contributed by atoms with Gasteiger partial charge in [0.05, 0.1) is 38.4 Å². The number of ether oxygens (including phenoxy) is 3. The molecule has 0 saturated carbocycles. The van der Waals surface area contributed by atoms with E-state index < -0.39 is 0 Å². The summed E-state index contributed by atoms with van der Waals surface area (Å²) in [4.78, 5) is 4.41. The summed E-state index contributed by atoms with van der Waals surface area (Å²) in [5.41, 5.74) is 0.699. The molecule has 1 aliphatic rings. The topological polar surface area (TPSA) is 78.6 Å². The molecule has 7 nitrogen and oxygen atoms in total. The molecule has 1 aliphatic heterocycles. The maximum Gasteiger partial charge on any atom is 0.229 e. The number of benzene rings is 1. The first-order valence-electron chi connectivity index (χ1n) is 7.28. The van der Waals surface area contributed by atoms with Crippen LogP contribution in [0.4, 0.5) is 0 Å². The lowest BCUT2D eigenvalue weighted by Gasteiger charge is -2.21. The van der Waals surface area contributed by atoms with E-state index in [1.807, 2.05) is 0 Å². The van der Waals surface area contributed by atoms with Gasteiger partial charge in [0.2, 0.25) is 11.7 Å². The molecule has 0 spiro atoms. The van der Waals surface area contributed by atoms with Crippen LogP contribution in [0.15, 0.2) is 16.7 Å². The van der Waals surface area contributed by atoms with Crippen molar-refractivity contribution >= 4 is 11.6 Å². The quantitative estimate of drug-likeness (QED) is 0.891. The Morgan fingerprint density at radius 1 is 1.35 bits per heavy atom. The lowest BCUT2D eigenvalue weighted by atomic mass is 10.2. The molecule has 124 valence electrons. The van der Waals surface area contributed by atoms with Crippen molar-refractivity contribution in [3.05, 3.63) is 23.0 Å². The van der Waals surface area contributed by atoms with Gasteiger partial charge >= 0.3 is 0 Å². The van der Waals surface area contributed by atoms with Gasteiger partial charge in [-0.05, 0) is 12.1 Å². The van der Waals surface area contributed by atoms with E-state index in [-0.39, 0.29) is 6.10 Å². The van der Waals surface area contributed by atoms with E-state index in [2.05, 4.69) is 15.5 Å². The lowest BCUT2D eigenvalue weighted by Crippen LogP contribution is -2.39. The van der Waals surface area contributed by atoms with Gasteiger partial charge in [-0.3, -0.25) is 0 Å². The molecule has 2 aromatic rings. The predicted molar refractivity (Wildman–Crippen MR) is 84.2 cm³/mol. The number of hydrogen-bond donors (Lipinski definition) is 1. The van der Waals surface area contributed by atoms with Crippen molar-refractivity contribution in [1.29, 1.82) is 0 Å². The van der Waals surface area contributed by atoms with Crippen molar-refractivity contribution in [2.24, 2.45) is 0 Å². The number of nitrogens with one attached hydrogen (secondary N) is 1. The summed E-state index contributed by atoms with van der Waals surface area (Å²) in [5, 5.41) is 7.70. The average Bonchev–Trinajstić information content (AvgIpc) is 3.03. The standard InChI is InChI=1S/C15H18ClN3O4/c1-20-12-6-9(5-11(16)14(12)21-2)15-18-13(23-19-15)7-10-8-17-3-4-22-10/h5-6,10,17H,3-4,7-8H2,1-2H3. The Balaban J connectivity index is 1.81. The van der Waals surface area contributed by atoms with Crippen LogP contribution in [-0.4, -0.2) is 50.2 Å². The van der Waals surface area contributed by atoms with E-state index in [9.17, 15) is 0 Å². The van der Waals surface area contributed by atoms with Crippen molar-refractivity contribution in [1.82, 2.24) is 15.5 Å². The van der Waals surface area contributed by atoms with Crippen LogP contribution >= 0.6 is 11.6 Å². The number of rotatable bonds is 5. The van der Waals surface area contributed by atoms with Crippen molar-refractivity contribution < 1.29 is 18.7 Å². The smallest absolute Gasteiger partial charge is 0.229 e. The van der Waals surface area contributed by atoms with Gasteiger partial charge in [-0.25, -0.2) is 0 Å². The highest BCUT2D eigenvalue weighted by Gasteiger charge is 2.19. The fourth-order valence-electron chi connectivity index (χ4n) is 2.45. The molecular formula is C15H18ClN3O4. The Kier molecular flexibility index (Phi) is 5.00. The van der Waals surface area contributed by atoms with Crippen molar-refractivity contribution in [3.8, 4) is 22.9 Å². The van der Waals surface area contributed by atoms with Gasteiger partial charge in [0.25, 0.3) is 0 Å². The number of hydrogen-bond acceptors (Lipinski definition) is 7. The van der Waals surface area contributed by atoms with E-state index in [0.29, 0.717) is 46.8 Å². The van der Waals surface area contributed by atoms with Gasteiger partial charge in [-0.1, -0.05) is 16.8 Å². The highest BCUT2D eigenvalue weighted by atomic mass is 35.5. The second kappa shape index (κ2) is 7.16. The average molecular weight is 340 g/mol. The summed E-state index contributed by atoms with van der Waals surface area (Å²) < 4.78 is 21.4. The van der Waals surface area contributed by atoms with Crippen molar-refractivity contribution in [3.63, 3.8) is 0 Å². The second-order valence-corrected chi connectivity index (χ2v) is 5.51. The fourth-order valence-corrected chi connectivity index (χ4v) is 2.74. The molecule has 3 rings (SSSR count). The largest absolute Gasteiger partial charge is 0.493 e. The third-order valence-corrected chi connectivity index (χ3v) is 3.85. The molecule has 8 heteroatoms. The first-order chi connectivity index (χ1) is 11.2. The van der Waals surface area contributed by atoms with Crippen LogP contribution < -0.4 is 14.8 Å². The lowest BCUT2D eigenvalue weighted by molar-refractivity contribution is 0.0246. The molecule has 1 atom stereocenters. The van der Waals surface area contributed by atoms with Crippen LogP contribution in [0.3, 0.4) is 0 Å². The number of halogens is 1. The summed E-state index contributed by atoms with van der Waals surface area (Å²) >= 11 is 6.21. The first kappa shape index (κ1) is 16.0. The molecule has 0 radical (unpaired) electrons. The number of nitrogens with zero attached hydrogens (tertiary/aromatic N) is 2. The molecule has 0 amide bonds. The van der Waals surface area contributed by atoms with E-state index in [1.54, 1.807) is 19.2 Å². The number of morpholine rings is 1. The fraction of sp³-hybridized carbons (Fsp3) is 0.467. The molecule has 1 fully saturated rings. The number of aromatic nitrogens is 2. The molecule has 1 unspecified atom stereocenters. The predicted octanol–water partition coefficient (Wildman–Crippen LogP) is 1.94. The van der Waals surface area contributed by atoms with E-state index in [4.69, 9.17) is 30.3 Å². The van der Waals surface area contributed by atoms with E-state index in [1.165, 1.54) is 7.11 Å². The zero-order chi connectivity index (χ0) is 16.2. The first-order valence-corrected chi connectivity index (χ1v) is 7.66. The monoisotopic (exact) mass is 339 g/mol. The summed E-state index contributed by atoms with van der Waals surface area (Å²) in [5.74, 6) is 1.97. The minimum Gasteiger partial charge on any atom is -0.493 e. The number of methoxy groups -OCH3 is 2. The molecule has 23 heavy (non-hydrogen) atoms. The normalized spacial score (nSPS) is 18.0. The third-order valence-electron chi connectivity index (χ3n) is 3.57. The summed E-state index contributed by atoms with van der Waals surface area (Å²) in [6, 6.07) is 3.48. The maximum absolute atomic E-state index is 6.21. The molecule has 1 saturated heterocycles. The summed E-state index contributed by atoms with van der Waals surface area (Å²) in [7, 11) is 3.08. The van der Waals surface area contributed by atoms with Crippen molar-refractivity contribution in [2.45, 2.75) is 12.5 Å². The molecule has 1 N–H and O–H groups in total. The van der Waals surface area contributed by atoms with Gasteiger partial charge in [0.1, 0.15) is 0 Å². The zero-order valence-electron chi connectivity index (χ0n) is 13.0. The summed E-state index contributed by atoms with van der Waals surface area (Å²) in [6.45, 7) is 2.34. The highest BCUT2D eigenvalue weighted by Crippen LogP contribution is 2.38. The van der Waals surface area contributed by atoms with Crippen LogP contribution in [0.2, 0.25) is 5.02 Å². The Bertz CT molecular complexity index is 671. The van der Waals surface area contributed by atoms with Gasteiger partial charge in [-0.15, -0.1) is 0 Å². The minimum atomic E-state index is 0.0473. The second-order valence-electron chi connectivity index (χ2n) is 5.11. The molecule has 0 bridgehead atoms. The van der Waals surface area contributed by atoms with Gasteiger partial charge in [-0.2, -0.15) is 4.98 Å². The van der Waals surface area contributed by atoms with Crippen LogP contribution in [0, 0.1) is 0 Å². The SMILES string of the molecule is COc1cc(-c2noc(CC3CNCCO3)n2)cc(Cl)c1OC. The van der Waals surface area contributed by atoms with Crippen molar-refractivity contribution in [2.75, 3.05) is 33.9 Å². The maximum atomic E-state index is 6.21. The van der Waals surface area contributed by atoms with Crippen LogP contribution in [0.1, 0.15) is 5.89 Å². The molecule has 1 aromatic carbocycles. The summed E-state index contributed by atoms with van der Waals surface area (Å²) in [6.07, 6.45) is 0.618. The molecule has 1 aromatic heterocycles. The van der Waals surface area contributed by atoms with Crippen LogP contribution in [0.25, 0.3) is 11.4 Å². The molecule has 2 heterocycles. The van der Waals surface area contributed by atoms with E-state index >= 15 is 0 Å². The Morgan fingerprint density at radius 3 is 2.91 bits per heavy atom. The van der Waals surface area contributed by atoms with Crippen LogP contribution in [-0.2, 0) is 11.2 Å². The van der Waals surface area contributed by atoms with Gasteiger partial charge in [0.15, 0.2) is 11.5 Å². The van der Waals surface area contributed by atoms with Crippen LogP contribution in [0.5, 0.6) is 11.5 Å². The Morgan fingerprint density at radius 2 is 2.22 bits per heavy atom. The zero-order valence-corrected chi connectivity index (χ0v) is 13.7. The Hall–Kier alpha value is -1.83. The minimum absolute atomic E-state index is 0.0473. The molecule has 0 aliphatic carbocycles. The van der Waals surface area contributed by atoms with Gasteiger partial charge < -0.3 is 24.1 Å². The van der Waals surface area contributed by atoms with Gasteiger partial charge in [0, 0.05) is 18.7 Å².